The van der Waals surface area contributed by atoms with Crippen LogP contribution in [0.15, 0.2) is 82.6 Å². The molecule has 4 rings (SSSR count). The molecule has 0 bridgehead atoms. The van der Waals surface area contributed by atoms with E-state index in [0.29, 0.717) is 22.3 Å². The molecule has 0 saturated carbocycles. The van der Waals surface area contributed by atoms with Crippen LogP contribution in [-0.2, 0) is 20.2 Å². The van der Waals surface area contributed by atoms with Crippen LogP contribution in [0.5, 0.6) is 0 Å². The van der Waals surface area contributed by atoms with Crippen LogP contribution in [0, 0.1) is 0 Å². The fraction of sp³-hybridized carbons (Fsp3) is 0.258. The Balaban J connectivity index is 2.19. The van der Waals surface area contributed by atoms with E-state index < -0.39 is 35.8 Å². The molecule has 0 heterocycles. The third kappa shape index (κ3) is 5.91. The van der Waals surface area contributed by atoms with Crippen molar-refractivity contribution in [1.29, 1.82) is 0 Å². The average Bonchev–Trinajstić information content (AvgIpc) is 2.96. The molecule has 0 amide bonds. The molecule has 3 aromatic rings. The summed E-state index contributed by atoms with van der Waals surface area (Å²) in [6.07, 6.45) is 0. The van der Waals surface area contributed by atoms with Crippen LogP contribution in [0.25, 0.3) is 11.1 Å². The monoisotopic (exact) mass is 610 g/mol. The van der Waals surface area contributed by atoms with E-state index in [0.717, 1.165) is 37.6 Å². The summed E-state index contributed by atoms with van der Waals surface area (Å²) in [5.41, 5.74) is 3.35. The molecule has 0 spiro atoms. The smallest absolute Gasteiger partial charge is 0.302 e. The van der Waals surface area contributed by atoms with Gasteiger partial charge in [-0.05, 0) is 80.3 Å². The largest absolute Gasteiger partial charge is 0.372 e. The van der Waals surface area contributed by atoms with Crippen molar-refractivity contribution in [1.82, 2.24) is 0 Å². The lowest BCUT2D eigenvalue weighted by Crippen LogP contribution is -2.46. The van der Waals surface area contributed by atoms with Gasteiger partial charge in [0.15, 0.2) is 4.91 Å². The van der Waals surface area contributed by atoms with Crippen molar-refractivity contribution in [2.45, 2.75) is 27.7 Å². The summed E-state index contributed by atoms with van der Waals surface area (Å²) in [7, 11) is -10.4. The van der Waals surface area contributed by atoms with Crippen molar-refractivity contribution in [2.75, 3.05) is 36.0 Å². The number of anilines is 2. The first-order valence-corrected chi connectivity index (χ1v) is 16.6. The maximum atomic E-state index is 13.0. The second-order valence-corrected chi connectivity index (χ2v) is 12.5. The van der Waals surface area contributed by atoms with Crippen molar-refractivity contribution in [2.24, 2.45) is 0 Å². The molecule has 9 nitrogen and oxygen atoms in total. The summed E-state index contributed by atoms with van der Waals surface area (Å²) in [4.78, 5) is 2.27. The molecule has 0 saturated heterocycles. The van der Waals surface area contributed by atoms with E-state index in [2.05, 4.69) is 9.80 Å². The van der Waals surface area contributed by atoms with Gasteiger partial charge in [-0.1, -0.05) is 42.5 Å². The SMILES string of the molecule is CCN(CC)c1ccc(C(=C2C(S(=O)(=O)O)=C(S(=O)(=O)O)C(=[NH2+])c3ccccc32)c2ccc(N(CC)CC)cc2)cc1. The van der Waals surface area contributed by atoms with Crippen molar-refractivity contribution in [3.8, 4) is 0 Å². The molecule has 0 aliphatic heterocycles. The summed E-state index contributed by atoms with van der Waals surface area (Å²) < 4.78 is 72.1. The van der Waals surface area contributed by atoms with Crippen LogP contribution in [0.3, 0.4) is 0 Å². The number of benzene rings is 3. The summed E-state index contributed by atoms with van der Waals surface area (Å²) in [6.45, 7) is 11.3. The van der Waals surface area contributed by atoms with Gasteiger partial charge in [-0.15, -0.1) is 0 Å². The molecule has 0 aromatic heterocycles. The maximum Gasteiger partial charge on any atom is 0.302 e. The van der Waals surface area contributed by atoms with E-state index in [1.54, 1.807) is 24.3 Å². The van der Waals surface area contributed by atoms with Crippen LogP contribution in [0.4, 0.5) is 11.4 Å². The fourth-order valence-corrected chi connectivity index (χ4v) is 7.65. The topological polar surface area (TPSA) is 141 Å². The first-order valence-electron chi connectivity index (χ1n) is 13.7. The second kappa shape index (κ2) is 12.2. The van der Waals surface area contributed by atoms with E-state index in [1.165, 1.54) is 0 Å². The summed E-state index contributed by atoms with van der Waals surface area (Å²) in [5, 5.41) is 6.18. The lowest BCUT2D eigenvalue weighted by Gasteiger charge is -2.26. The Hall–Kier alpha value is -3.77. The quantitative estimate of drug-likeness (QED) is 0.294. The fourth-order valence-electron chi connectivity index (χ4n) is 5.48. The van der Waals surface area contributed by atoms with Gasteiger partial charge in [0.05, 0.1) is 5.56 Å². The normalized spacial score (nSPS) is 13.7. The van der Waals surface area contributed by atoms with Crippen LogP contribution < -0.4 is 15.2 Å². The number of hydrogen-bond acceptors (Lipinski definition) is 6. The van der Waals surface area contributed by atoms with E-state index >= 15 is 0 Å². The summed E-state index contributed by atoms with van der Waals surface area (Å²) in [6, 6.07) is 21.4. The van der Waals surface area contributed by atoms with E-state index in [-0.39, 0.29) is 11.1 Å². The molecule has 1 aliphatic rings. The van der Waals surface area contributed by atoms with E-state index in [9.17, 15) is 25.9 Å². The highest BCUT2D eigenvalue weighted by molar-refractivity contribution is 7.95. The maximum absolute atomic E-state index is 13.0. The van der Waals surface area contributed by atoms with Crippen molar-refractivity contribution in [3.05, 3.63) is 105 Å². The van der Waals surface area contributed by atoms with Gasteiger partial charge >= 0.3 is 10.1 Å². The van der Waals surface area contributed by atoms with Crippen LogP contribution in [0.1, 0.15) is 49.9 Å². The Bertz CT molecular complexity index is 1710. The van der Waals surface area contributed by atoms with Crippen molar-refractivity contribution in [3.63, 3.8) is 0 Å². The Morgan fingerprint density at radius 3 is 1.36 bits per heavy atom. The zero-order valence-corrected chi connectivity index (χ0v) is 25.7. The van der Waals surface area contributed by atoms with Gasteiger partial charge in [0.1, 0.15) is 4.91 Å². The van der Waals surface area contributed by atoms with Gasteiger partial charge in [-0.25, -0.2) is 0 Å². The van der Waals surface area contributed by atoms with Gasteiger partial charge in [0.25, 0.3) is 10.1 Å². The molecular formula is C31H36N3O6S2+. The Morgan fingerprint density at radius 2 is 1.00 bits per heavy atom. The summed E-state index contributed by atoms with van der Waals surface area (Å²) >= 11 is 0. The molecule has 0 radical (unpaired) electrons. The van der Waals surface area contributed by atoms with Crippen molar-refractivity contribution >= 4 is 48.5 Å². The van der Waals surface area contributed by atoms with Crippen molar-refractivity contribution < 1.29 is 31.4 Å². The van der Waals surface area contributed by atoms with Crippen LogP contribution in [-0.4, -0.2) is 57.8 Å². The summed E-state index contributed by atoms with van der Waals surface area (Å²) in [5.74, 6) is 0. The third-order valence-electron chi connectivity index (χ3n) is 7.50. The zero-order chi connectivity index (χ0) is 30.8. The number of nitrogens with two attached hydrogens (primary N) is 1. The highest BCUT2D eigenvalue weighted by Gasteiger charge is 2.43. The molecule has 0 atom stereocenters. The van der Waals surface area contributed by atoms with Gasteiger partial charge in [0, 0.05) is 43.1 Å². The number of nitrogens with zero attached hydrogens (tertiary/aromatic N) is 2. The molecule has 4 N–H and O–H groups in total. The standard InChI is InChI=1S/C31H35N3O6S2/c1-5-33(6-2)23-17-13-21(14-18-23)27(22-15-19-24(20-16-22)34(7-3)8-4)28-25-11-9-10-12-26(25)29(32)31(42(38,39)40)30(28)41(35,36)37/h9-20,32H,5-8H2,1-4H3,(H,35,36,37)(H,38,39,40)/p+1. The number of hydrogen-bond donors (Lipinski definition) is 3. The van der Waals surface area contributed by atoms with Gasteiger partial charge < -0.3 is 9.80 Å². The molecule has 11 heteroatoms. The minimum absolute atomic E-state index is 0.0823. The Labute approximate surface area is 247 Å². The van der Waals surface area contributed by atoms with Gasteiger partial charge in [-0.2, -0.15) is 16.8 Å². The molecule has 3 aromatic carbocycles. The van der Waals surface area contributed by atoms with Gasteiger partial charge in [-0.3, -0.25) is 14.5 Å². The molecule has 222 valence electrons. The second-order valence-electron chi connectivity index (χ2n) is 9.76. The van der Waals surface area contributed by atoms with Gasteiger partial charge in [0.2, 0.25) is 5.71 Å². The number of allylic oxidation sites excluding steroid dienone is 2. The zero-order valence-electron chi connectivity index (χ0n) is 24.1. The average molecular weight is 611 g/mol. The third-order valence-corrected chi connectivity index (χ3v) is 9.49. The highest BCUT2D eigenvalue weighted by atomic mass is 32.2. The molecule has 0 unspecified atom stereocenters. The molecule has 0 fully saturated rings. The number of rotatable bonds is 10. The lowest BCUT2D eigenvalue weighted by atomic mass is 9.83. The first kappa shape index (κ1) is 31.2. The molecular weight excluding hydrogens is 574 g/mol. The minimum Gasteiger partial charge on any atom is -0.372 e. The Morgan fingerprint density at radius 1 is 0.619 bits per heavy atom. The predicted molar refractivity (Wildman–Crippen MR) is 169 cm³/mol. The lowest BCUT2D eigenvalue weighted by molar-refractivity contribution is -0.111. The first-order chi connectivity index (χ1) is 19.9. The Kier molecular flexibility index (Phi) is 9.07. The predicted octanol–water partition coefficient (Wildman–Crippen LogP) is 3.89. The van der Waals surface area contributed by atoms with Crippen LogP contribution >= 0.6 is 0 Å². The molecule has 42 heavy (non-hydrogen) atoms. The van der Waals surface area contributed by atoms with E-state index in [4.69, 9.17) is 5.41 Å². The number of fused-ring (bicyclic) bond motifs is 1. The molecule has 1 aliphatic carbocycles. The minimum atomic E-state index is -5.24. The van der Waals surface area contributed by atoms with E-state index in [1.807, 2.05) is 76.2 Å². The highest BCUT2D eigenvalue weighted by Crippen LogP contribution is 2.45. The van der Waals surface area contributed by atoms with Crippen LogP contribution in [0.2, 0.25) is 0 Å².